The fraction of sp³-hybridized carbons (Fsp3) is 0.914. The Morgan fingerprint density at radius 3 is 2.20 bits per heavy atom. The van der Waals surface area contributed by atoms with Crippen molar-refractivity contribution in [3.63, 3.8) is 0 Å². The summed E-state index contributed by atoms with van der Waals surface area (Å²) in [6, 6.07) is 0. The van der Waals surface area contributed by atoms with Crippen molar-refractivity contribution in [1.82, 2.24) is 9.78 Å². The van der Waals surface area contributed by atoms with Crippen LogP contribution in [0.25, 0.3) is 0 Å². The summed E-state index contributed by atoms with van der Waals surface area (Å²) in [5, 5.41) is 23.0. The monoisotopic (exact) mass is 563 g/mol. The Labute approximate surface area is 247 Å². The van der Waals surface area contributed by atoms with Crippen molar-refractivity contribution in [3.05, 3.63) is 18.0 Å². The second-order valence-corrected chi connectivity index (χ2v) is 13.3. The maximum absolute atomic E-state index is 11.4. The molecule has 4 fully saturated rings. The summed E-state index contributed by atoms with van der Waals surface area (Å²) < 4.78 is 7.58. The van der Waals surface area contributed by atoms with Gasteiger partial charge in [-0.2, -0.15) is 5.10 Å². The fourth-order valence-corrected chi connectivity index (χ4v) is 9.92. The quantitative estimate of drug-likeness (QED) is 0.350. The smallest absolute Gasteiger partial charge is 0.0769 e. The third-order valence-electron chi connectivity index (χ3n) is 11.7. The van der Waals surface area contributed by atoms with Crippen LogP contribution in [0.4, 0.5) is 0 Å². The molecule has 1 heterocycles. The van der Waals surface area contributed by atoms with Gasteiger partial charge in [0.2, 0.25) is 0 Å². The van der Waals surface area contributed by atoms with Crippen LogP contribution in [0, 0.1) is 46.3 Å². The van der Waals surface area contributed by atoms with Crippen LogP contribution in [-0.4, -0.2) is 46.9 Å². The predicted octanol–water partition coefficient (Wildman–Crippen LogP) is 8.34. The summed E-state index contributed by atoms with van der Waals surface area (Å²) in [6.07, 6.45) is 17.5. The zero-order valence-corrected chi connectivity index (χ0v) is 28.0. The lowest BCUT2D eigenvalue weighted by atomic mass is 9.44. The summed E-state index contributed by atoms with van der Waals surface area (Å²) >= 11 is 0. The van der Waals surface area contributed by atoms with Crippen molar-refractivity contribution in [1.29, 1.82) is 0 Å². The Morgan fingerprint density at radius 2 is 1.60 bits per heavy atom. The van der Waals surface area contributed by atoms with Crippen molar-refractivity contribution >= 4 is 0 Å². The molecule has 4 saturated carbocycles. The molecule has 5 heteroatoms. The third kappa shape index (κ3) is 7.00. The molecule has 4 aliphatic rings. The molecule has 4 aliphatic carbocycles. The second kappa shape index (κ2) is 16.1. The number of hydrogen-bond donors (Lipinski definition) is 2. The van der Waals surface area contributed by atoms with Gasteiger partial charge in [-0.15, -0.1) is 0 Å². The molecule has 9 atom stereocenters. The number of aliphatic hydroxyl groups is 2. The van der Waals surface area contributed by atoms with Crippen molar-refractivity contribution in [2.75, 3.05) is 20.8 Å². The molecular formula is C35H66N2O3. The van der Waals surface area contributed by atoms with Gasteiger partial charge in [0.1, 0.15) is 0 Å². The molecule has 5 rings (SSSR count). The minimum atomic E-state index is -0.283. The van der Waals surface area contributed by atoms with E-state index in [-0.39, 0.29) is 6.10 Å². The van der Waals surface area contributed by atoms with Crippen LogP contribution >= 0.6 is 0 Å². The highest BCUT2D eigenvalue weighted by Crippen LogP contribution is 2.67. The van der Waals surface area contributed by atoms with Gasteiger partial charge in [0.15, 0.2) is 0 Å². The maximum Gasteiger partial charge on any atom is 0.0769 e. The molecular weight excluding hydrogens is 496 g/mol. The molecule has 0 spiro atoms. The molecule has 1 aromatic heterocycles. The number of aromatic nitrogens is 2. The molecule has 234 valence electrons. The molecule has 2 N–H and O–H groups in total. The van der Waals surface area contributed by atoms with Gasteiger partial charge in [0.05, 0.1) is 18.8 Å². The lowest BCUT2D eigenvalue weighted by molar-refractivity contribution is -0.124. The Balaban J connectivity index is 0.000000876. The van der Waals surface area contributed by atoms with Crippen molar-refractivity contribution < 1.29 is 14.9 Å². The highest BCUT2D eigenvalue weighted by atomic mass is 16.5. The van der Waals surface area contributed by atoms with Gasteiger partial charge >= 0.3 is 0 Å². The van der Waals surface area contributed by atoms with E-state index >= 15 is 0 Å². The molecule has 9 unspecified atom stereocenters. The van der Waals surface area contributed by atoms with E-state index in [0.717, 1.165) is 43.3 Å². The number of ether oxygens (including phenoxy) is 1. The van der Waals surface area contributed by atoms with Crippen LogP contribution in [0.2, 0.25) is 0 Å². The van der Waals surface area contributed by atoms with Gasteiger partial charge in [-0.05, 0) is 116 Å². The van der Waals surface area contributed by atoms with Crippen LogP contribution < -0.4 is 0 Å². The molecule has 0 bridgehead atoms. The van der Waals surface area contributed by atoms with E-state index in [1.807, 2.05) is 45.7 Å². The number of aliphatic hydroxyl groups excluding tert-OH is 2. The van der Waals surface area contributed by atoms with Crippen LogP contribution in [0.1, 0.15) is 131 Å². The number of rotatable bonds is 7. The third-order valence-corrected chi connectivity index (χ3v) is 11.7. The summed E-state index contributed by atoms with van der Waals surface area (Å²) in [6.45, 7) is 19.0. The molecule has 0 aliphatic heterocycles. The minimum absolute atomic E-state index is 0.283. The fourth-order valence-electron chi connectivity index (χ4n) is 9.92. The van der Waals surface area contributed by atoms with Gasteiger partial charge in [-0.25, -0.2) is 0 Å². The highest BCUT2D eigenvalue weighted by Gasteiger charge is 2.60. The maximum atomic E-state index is 11.4. The minimum Gasteiger partial charge on any atom is -0.400 e. The zero-order valence-electron chi connectivity index (χ0n) is 28.0. The number of nitrogens with zero attached hydrogens (tertiary/aromatic N) is 2. The summed E-state index contributed by atoms with van der Waals surface area (Å²) in [4.78, 5) is 0. The van der Waals surface area contributed by atoms with Crippen molar-refractivity contribution in [2.24, 2.45) is 46.3 Å². The van der Waals surface area contributed by atoms with Gasteiger partial charge in [0.25, 0.3) is 0 Å². The molecule has 0 radical (unpaired) electrons. The first-order chi connectivity index (χ1) is 19.3. The van der Waals surface area contributed by atoms with E-state index in [9.17, 15) is 5.11 Å². The Bertz CT molecular complexity index is 840. The number of hydrogen-bond acceptors (Lipinski definition) is 4. The van der Waals surface area contributed by atoms with E-state index < -0.39 is 0 Å². The van der Waals surface area contributed by atoms with E-state index in [4.69, 9.17) is 9.84 Å². The molecule has 5 nitrogen and oxygen atoms in total. The van der Waals surface area contributed by atoms with E-state index in [1.165, 1.54) is 69.8 Å². The number of methoxy groups -OCH3 is 1. The molecule has 1 aromatic rings. The van der Waals surface area contributed by atoms with Gasteiger partial charge < -0.3 is 14.9 Å². The van der Waals surface area contributed by atoms with Crippen LogP contribution in [-0.2, 0) is 11.3 Å². The van der Waals surface area contributed by atoms with Gasteiger partial charge in [-0.3, -0.25) is 4.68 Å². The average Bonchev–Trinajstić information content (AvgIpc) is 3.60. The first-order valence-electron chi connectivity index (χ1n) is 17.0. The standard InChI is InChI=1S/C30H50N2O2.2C2H6.CH4O/c1-6-30-14-12-23-24(26(30)8-7-21(15-30)19-34-5)11-13-29(4)25(23)9-10-27(29)28(33)18-32-17-22(16-31-32)20(2)3;3*1-2/h16-17,20-21,23-28,33H,6-15,18-19H2,1-5H3;2*1-2H3;2H,1H3. The predicted molar refractivity (Wildman–Crippen MR) is 168 cm³/mol. The first kappa shape index (κ1) is 35.3. The largest absolute Gasteiger partial charge is 0.400 e. The van der Waals surface area contributed by atoms with Gasteiger partial charge in [-0.1, -0.05) is 61.8 Å². The molecule has 0 saturated heterocycles. The molecule has 40 heavy (non-hydrogen) atoms. The Morgan fingerprint density at radius 1 is 0.975 bits per heavy atom. The zero-order chi connectivity index (χ0) is 30.1. The van der Waals surface area contributed by atoms with Crippen LogP contribution in [0.5, 0.6) is 0 Å². The first-order valence-corrected chi connectivity index (χ1v) is 17.0. The van der Waals surface area contributed by atoms with E-state index in [0.29, 0.717) is 29.2 Å². The Kier molecular flexibility index (Phi) is 14.2. The summed E-state index contributed by atoms with van der Waals surface area (Å²) in [5.74, 6) is 5.22. The van der Waals surface area contributed by atoms with E-state index in [1.54, 1.807) is 0 Å². The van der Waals surface area contributed by atoms with Gasteiger partial charge in [0, 0.05) is 27.0 Å². The van der Waals surface area contributed by atoms with E-state index in [2.05, 4.69) is 39.0 Å². The highest BCUT2D eigenvalue weighted by molar-refractivity contribution is 5.11. The lowest BCUT2D eigenvalue weighted by Gasteiger charge is -2.61. The lowest BCUT2D eigenvalue weighted by Crippen LogP contribution is -2.53. The van der Waals surface area contributed by atoms with Crippen LogP contribution in [0.3, 0.4) is 0 Å². The number of fused-ring (bicyclic) bond motifs is 5. The SMILES string of the molecule is CC.CC.CCC12CCC3C(CCC4(C)C(C(O)Cn5cc(C(C)C)cn5)CCC34)C1CCC(COC)C2.CO. The van der Waals surface area contributed by atoms with Crippen LogP contribution in [0.15, 0.2) is 12.4 Å². The van der Waals surface area contributed by atoms with Crippen molar-refractivity contribution in [2.45, 2.75) is 138 Å². The normalized spacial score (nSPS) is 36.8. The van der Waals surface area contributed by atoms with Crippen molar-refractivity contribution in [3.8, 4) is 0 Å². The average molecular weight is 563 g/mol. The Hall–Kier alpha value is -0.910. The topological polar surface area (TPSA) is 67.5 Å². The second-order valence-electron chi connectivity index (χ2n) is 13.3. The molecule has 0 amide bonds. The summed E-state index contributed by atoms with van der Waals surface area (Å²) in [5.41, 5.74) is 2.14. The molecule has 0 aromatic carbocycles. The summed E-state index contributed by atoms with van der Waals surface area (Å²) in [7, 11) is 2.88.